The lowest BCUT2D eigenvalue weighted by atomic mass is 10.0. The molecule has 1 aromatic heterocycles. The molecule has 1 amide bonds. The van der Waals surface area contributed by atoms with Crippen LogP contribution in [0.1, 0.15) is 37.9 Å². The molecule has 4 heteroatoms. The van der Waals surface area contributed by atoms with E-state index in [0.29, 0.717) is 17.5 Å². The molecule has 2 rings (SSSR count). The minimum absolute atomic E-state index is 0.196. The predicted octanol–water partition coefficient (Wildman–Crippen LogP) is 3.30. The summed E-state index contributed by atoms with van der Waals surface area (Å²) in [4.78, 5) is 13.7. The Morgan fingerprint density at radius 3 is 2.89 bits per heavy atom. The van der Waals surface area contributed by atoms with Crippen LogP contribution in [0.5, 0.6) is 0 Å². The van der Waals surface area contributed by atoms with Gasteiger partial charge >= 0.3 is 0 Å². The predicted molar refractivity (Wildman–Crippen MR) is 74.5 cm³/mol. The Morgan fingerprint density at radius 2 is 2.22 bits per heavy atom. The first-order valence-electron chi connectivity index (χ1n) is 6.63. The molecule has 3 nitrogen and oxygen atoms in total. The van der Waals surface area contributed by atoms with Crippen molar-refractivity contribution < 1.29 is 9.21 Å². The maximum Gasteiger partial charge on any atom is 0.232 e. The minimum Gasteiger partial charge on any atom is -0.467 e. The second-order valence-electron chi connectivity index (χ2n) is 4.90. The molecule has 0 unspecified atom stereocenters. The standard InChI is InChI=1S/C14H21NO2S/c1-15(10-12-6-5-9-17-12)14(16)11-18-13-7-3-2-4-8-13/h5-6,9,13H,2-4,7-8,10-11H2,1H3. The Morgan fingerprint density at radius 1 is 1.44 bits per heavy atom. The fourth-order valence-electron chi connectivity index (χ4n) is 2.26. The first kappa shape index (κ1) is 13.5. The molecule has 0 aliphatic heterocycles. The monoisotopic (exact) mass is 267 g/mol. The SMILES string of the molecule is CN(Cc1ccco1)C(=O)CSC1CCCCC1. The zero-order valence-electron chi connectivity index (χ0n) is 10.9. The number of nitrogens with zero attached hydrogens (tertiary/aromatic N) is 1. The van der Waals surface area contributed by atoms with E-state index in [-0.39, 0.29) is 5.91 Å². The van der Waals surface area contributed by atoms with Crippen molar-refractivity contribution in [3.8, 4) is 0 Å². The van der Waals surface area contributed by atoms with Gasteiger partial charge in [-0.2, -0.15) is 0 Å². The van der Waals surface area contributed by atoms with E-state index in [1.165, 1.54) is 32.1 Å². The van der Waals surface area contributed by atoms with Crippen LogP contribution in [0.2, 0.25) is 0 Å². The molecule has 1 aliphatic carbocycles. The molecule has 100 valence electrons. The summed E-state index contributed by atoms with van der Waals surface area (Å²) >= 11 is 1.82. The number of thioether (sulfide) groups is 1. The summed E-state index contributed by atoms with van der Waals surface area (Å²) in [6.07, 6.45) is 8.22. The average molecular weight is 267 g/mol. The first-order chi connectivity index (χ1) is 8.75. The number of furan rings is 1. The number of rotatable bonds is 5. The number of carbonyl (C=O) groups is 1. The van der Waals surface area contributed by atoms with Gasteiger partial charge in [-0.1, -0.05) is 19.3 Å². The van der Waals surface area contributed by atoms with Crippen molar-refractivity contribution in [1.82, 2.24) is 4.90 Å². The van der Waals surface area contributed by atoms with E-state index in [9.17, 15) is 4.79 Å². The molecule has 1 heterocycles. The highest BCUT2D eigenvalue weighted by molar-refractivity contribution is 8.00. The Labute approximate surface area is 113 Å². The van der Waals surface area contributed by atoms with E-state index in [2.05, 4.69) is 0 Å². The largest absolute Gasteiger partial charge is 0.467 e. The summed E-state index contributed by atoms with van der Waals surface area (Å²) in [5, 5.41) is 0.694. The van der Waals surface area contributed by atoms with Crippen LogP contribution in [-0.2, 0) is 11.3 Å². The van der Waals surface area contributed by atoms with Gasteiger partial charge in [0.25, 0.3) is 0 Å². The van der Waals surface area contributed by atoms with E-state index in [1.54, 1.807) is 11.2 Å². The van der Waals surface area contributed by atoms with Gasteiger partial charge in [0.05, 0.1) is 18.6 Å². The summed E-state index contributed by atoms with van der Waals surface area (Å²) in [6, 6.07) is 3.75. The Balaban J connectivity index is 1.70. The van der Waals surface area contributed by atoms with Crippen LogP contribution < -0.4 is 0 Å². The Bertz CT molecular complexity index is 358. The van der Waals surface area contributed by atoms with Crippen molar-refractivity contribution in [3.05, 3.63) is 24.2 Å². The summed E-state index contributed by atoms with van der Waals surface area (Å²) in [7, 11) is 1.84. The third-order valence-corrected chi connectivity index (χ3v) is 4.75. The summed E-state index contributed by atoms with van der Waals surface area (Å²) in [5.74, 6) is 1.64. The van der Waals surface area contributed by atoms with E-state index in [4.69, 9.17) is 4.42 Å². The molecular formula is C14H21NO2S. The third kappa shape index (κ3) is 4.09. The topological polar surface area (TPSA) is 33.5 Å². The zero-order chi connectivity index (χ0) is 12.8. The second kappa shape index (κ2) is 6.88. The lowest BCUT2D eigenvalue weighted by Crippen LogP contribution is -2.28. The lowest BCUT2D eigenvalue weighted by Gasteiger charge is -2.22. The molecule has 0 aromatic carbocycles. The Hall–Kier alpha value is -0.900. The summed E-state index contributed by atoms with van der Waals surface area (Å²) in [6.45, 7) is 0.567. The highest BCUT2D eigenvalue weighted by Gasteiger charge is 2.17. The van der Waals surface area contributed by atoms with Gasteiger partial charge < -0.3 is 9.32 Å². The smallest absolute Gasteiger partial charge is 0.232 e. The van der Waals surface area contributed by atoms with Crippen LogP contribution in [0.4, 0.5) is 0 Å². The van der Waals surface area contributed by atoms with Crippen LogP contribution in [0.15, 0.2) is 22.8 Å². The second-order valence-corrected chi connectivity index (χ2v) is 6.19. The van der Waals surface area contributed by atoms with Gasteiger partial charge in [0.15, 0.2) is 0 Å². The third-order valence-electron chi connectivity index (χ3n) is 3.39. The molecule has 18 heavy (non-hydrogen) atoms. The van der Waals surface area contributed by atoms with Crippen LogP contribution in [-0.4, -0.2) is 28.9 Å². The fourth-order valence-corrected chi connectivity index (χ4v) is 3.52. The van der Waals surface area contributed by atoms with E-state index < -0.39 is 0 Å². The number of amides is 1. The van der Waals surface area contributed by atoms with Gasteiger partial charge in [-0.3, -0.25) is 4.79 Å². The molecule has 0 N–H and O–H groups in total. The van der Waals surface area contributed by atoms with Crippen molar-refractivity contribution in [1.29, 1.82) is 0 Å². The number of hydrogen-bond donors (Lipinski definition) is 0. The van der Waals surface area contributed by atoms with E-state index >= 15 is 0 Å². The van der Waals surface area contributed by atoms with E-state index in [0.717, 1.165) is 5.76 Å². The maximum atomic E-state index is 12.0. The van der Waals surface area contributed by atoms with Gasteiger partial charge in [0, 0.05) is 12.3 Å². The summed E-state index contributed by atoms with van der Waals surface area (Å²) < 4.78 is 5.25. The van der Waals surface area contributed by atoms with Gasteiger partial charge in [0.1, 0.15) is 5.76 Å². The quantitative estimate of drug-likeness (QED) is 0.820. The van der Waals surface area contributed by atoms with Gasteiger partial charge in [-0.25, -0.2) is 0 Å². The normalized spacial score (nSPS) is 16.7. The van der Waals surface area contributed by atoms with Gasteiger partial charge in [-0.15, -0.1) is 11.8 Å². The van der Waals surface area contributed by atoms with Crippen molar-refractivity contribution in [3.63, 3.8) is 0 Å². The molecule has 1 aliphatic rings. The van der Waals surface area contributed by atoms with E-state index in [1.807, 2.05) is 30.9 Å². The van der Waals surface area contributed by atoms with Crippen LogP contribution in [0.25, 0.3) is 0 Å². The van der Waals surface area contributed by atoms with Crippen LogP contribution >= 0.6 is 11.8 Å². The first-order valence-corrected chi connectivity index (χ1v) is 7.68. The molecule has 0 spiro atoms. The molecule has 0 bridgehead atoms. The fraction of sp³-hybridized carbons (Fsp3) is 0.643. The van der Waals surface area contributed by atoms with Crippen molar-refractivity contribution in [2.75, 3.05) is 12.8 Å². The maximum absolute atomic E-state index is 12.0. The number of hydrogen-bond acceptors (Lipinski definition) is 3. The molecular weight excluding hydrogens is 246 g/mol. The molecule has 0 radical (unpaired) electrons. The van der Waals surface area contributed by atoms with Crippen LogP contribution in [0.3, 0.4) is 0 Å². The summed E-state index contributed by atoms with van der Waals surface area (Å²) in [5.41, 5.74) is 0. The van der Waals surface area contributed by atoms with Gasteiger partial charge in [0.2, 0.25) is 5.91 Å². The lowest BCUT2D eigenvalue weighted by molar-refractivity contribution is -0.127. The van der Waals surface area contributed by atoms with Crippen molar-refractivity contribution in [2.45, 2.75) is 43.9 Å². The minimum atomic E-state index is 0.196. The van der Waals surface area contributed by atoms with Crippen molar-refractivity contribution in [2.24, 2.45) is 0 Å². The average Bonchev–Trinajstić information content (AvgIpc) is 2.90. The van der Waals surface area contributed by atoms with Gasteiger partial charge in [-0.05, 0) is 25.0 Å². The zero-order valence-corrected chi connectivity index (χ0v) is 11.7. The molecule has 0 saturated heterocycles. The Kier molecular flexibility index (Phi) is 5.17. The highest BCUT2D eigenvalue weighted by atomic mass is 32.2. The van der Waals surface area contributed by atoms with Crippen molar-refractivity contribution >= 4 is 17.7 Å². The van der Waals surface area contributed by atoms with Crippen LogP contribution in [0, 0.1) is 0 Å². The molecule has 1 saturated carbocycles. The highest BCUT2D eigenvalue weighted by Crippen LogP contribution is 2.28. The molecule has 1 fully saturated rings. The molecule has 1 aromatic rings. The number of carbonyl (C=O) groups excluding carboxylic acids is 1. The molecule has 0 atom stereocenters.